The third-order valence-electron chi connectivity index (χ3n) is 2.44. The van der Waals surface area contributed by atoms with Crippen molar-refractivity contribution < 1.29 is 4.74 Å². The molecule has 0 bridgehead atoms. The van der Waals surface area contributed by atoms with Crippen molar-refractivity contribution in [3.05, 3.63) is 21.3 Å². The summed E-state index contributed by atoms with van der Waals surface area (Å²) < 4.78 is 5.72. The fraction of sp³-hybridized carbons (Fsp3) is 0.600. The van der Waals surface area contributed by atoms with E-state index < -0.39 is 0 Å². The third kappa shape index (κ3) is 2.32. The predicted molar refractivity (Wildman–Crippen MR) is 64.6 cm³/mol. The zero-order valence-corrected chi connectivity index (χ0v) is 10.9. The lowest BCUT2D eigenvalue weighted by Gasteiger charge is -2.26. The molecule has 78 valence electrons. The van der Waals surface area contributed by atoms with Gasteiger partial charge in [0.2, 0.25) is 0 Å². The molecule has 1 aromatic rings. The Morgan fingerprint density at radius 1 is 1.57 bits per heavy atom. The van der Waals surface area contributed by atoms with E-state index in [1.165, 1.54) is 17.7 Å². The number of thiophene rings is 1. The summed E-state index contributed by atoms with van der Waals surface area (Å²) in [5.41, 5.74) is 0. The summed E-state index contributed by atoms with van der Waals surface area (Å²) in [6.07, 6.45) is 3.87. The van der Waals surface area contributed by atoms with Crippen LogP contribution in [-0.4, -0.2) is 12.7 Å². The van der Waals surface area contributed by atoms with Gasteiger partial charge in [-0.1, -0.05) is 27.5 Å². The van der Waals surface area contributed by atoms with E-state index in [4.69, 9.17) is 16.3 Å². The maximum atomic E-state index is 6.08. The molecule has 2 heterocycles. The molecular weight excluding hydrogens is 284 g/mol. The van der Waals surface area contributed by atoms with Gasteiger partial charge in [0.1, 0.15) is 0 Å². The molecule has 2 rings (SSSR count). The van der Waals surface area contributed by atoms with Gasteiger partial charge < -0.3 is 4.74 Å². The number of halogens is 2. The highest BCUT2D eigenvalue weighted by atomic mass is 79.9. The van der Waals surface area contributed by atoms with Crippen LogP contribution in [0.15, 0.2) is 11.4 Å². The van der Waals surface area contributed by atoms with Gasteiger partial charge in [-0.15, -0.1) is 11.3 Å². The third-order valence-corrected chi connectivity index (χ3v) is 5.23. The molecule has 0 spiro atoms. The molecule has 1 aromatic heterocycles. The number of ether oxygens (including phenoxy) is 1. The van der Waals surface area contributed by atoms with E-state index in [1.54, 1.807) is 11.3 Å². The van der Waals surface area contributed by atoms with Crippen LogP contribution < -0.4 is 0 Å². The van der Waals surface area contributed by atoms with Crippen molar-refractivity contribution in [2.75, 3.05) is 6.61 Å². The standard InChI is InChI=1S/C10H12BrClOS/c11-9(8-3-1-2-5-13-8)10-7(12)4-6-14-10/h4,6,8-9H,1-3,5H2. The molecule has 0 amide bonds. The van der Waals surface area contributed by atoms with Gasteiger partial charge in [-0.3, -0.25) is 0 Å². The minimum Gasteiger partial charge on any atom is -0.377 e. The van der Waals surface area contributed by atoms with E-state index >= 15 is 0 Å². The Morgan fingerprint density at radius 2 is 2.43 bits per heavy atom. The average molecular weight is 296 g/mol. The van der Waals surface area contributed by atoms with Gasteiger partial charge in [0.05, 0.1) is 16.0 Å². The number of rotatable bonds is 2. The maximum absolute atomic E-state index is 6.08. The largest absolute Gasteiger partial charge is 0.377 e. The fourth-order valence-electron chi connectivity index (χ4n) is 1.67. The predicted octanol–water partition coefficient (Wildman–Crippen LogP) is 4.41. The summed E-state index contributed by atoms with van der Waals surface area (Å²) in [7, 11) is 0. The monoisotopic (exact) mass is 294 g/mol. The molecule has 0 saturated carbocycles. The number of alkyl halides is 1. The van der Waals surface area contributed by atoms with Gasteiger partial charge in [0.25, 0.3) is 0 Å². The molecule has 14 heavy (non-hydrogen) atoms. The van der Waals surface area contributed by atoms with Gasteiger partial charge in [-0.2, -0.15) is 0 Å². The van der Waals surface area contributed by atoms with Crippen molar-refractivity contribution in [2.45, 2.75) is 30.2 Å². The molecule has 1 nitrogen and oxygen atoms in total. The first-order valence-electron chi connectivity index (χ1n) is 4.77. The first-order valence-corrected chi connectivity index (χ1v) is 6.95. The molecule has 0 N–H and O–H groups in total. The SMILES string of the molecule is Clc1ccsc1C(Br)C1CCCCO1. The fourth-order valence-corrected chi connectivity index (χ4v) is 3.99. The van der Waals surface area contributed by atoms with Crippen LogP contribution >= 0.6 is 38.9 Å². The molecule has 0 aliphatic carbocycles. The van der Waals surface area contributed by atoms with Gasteiger partial charge in [0.15, 0.2) is 0 Å². The van der Waals surface area contributed by atoms with Crippen molar-refractivity contribution in [1.82, 2.24) is 0 Å². The van der Waals surface area contributed by atoms with Gasteiger partial charge >= 0.3 is 0 Å². The van der Waals surface area contributed by atoms with Crippen molar-refractivity contribution >= 4 is 38.9 Å². The quantitative estimate of drug-likeness (QED) is 0.735. The molecule has 1 aliphatic rings. The van der Waals surface area contributed by atoms with Crippen LogP contribution in [0.5, 0.6) is 0 Å². The van der Waals surface area contributed by atoms with Crippen LogP contribution in [0.3, 0.4) is 0 Å². The zero-order valence-electron chi connectivity index (χ0n) is 7.71. The van der Waals surface area contributed by atoms with Crippen LogP contribution in [0.4, 0.5) is 0 Å². The Kier molecular flexibility index (Phi) is 3.88. The normalized spacial score (nSPS) is 24.9. The van der Waals surface area contributed by atoms with Crippen LogP contribution in [0.2, 0.25) is 5.02 Å². The summed E-state index contributed by atoms with van der Waals surface area (Å²) >= 11 is 11.4. The highest BCUT2D eigenvalue weighted by Gasteiger charge is 2.25. The van der Waals surface area contributed by atoms with E-state index in [9.17, 15) is 0 Å². The highest BCUT2D eigenvalue weighted by Crippen LogP contribution is 2.39. The lowest BCUT2D eigenvalue weighted by molar-refractivity contribution is 0.0165. The number of hydrogen-bond donors (Lipinski definition) is 0. The smallest absolute Gasteiger partial charge is 0.0765 e. The minimum atomic E-state index is 0.260. The summed E-state index contributed by atoms with van der Waals surface area (Å²) in [4.78, 5) is 1.45. The molecule has 4 heteroatoms. The summed E-state index contributed by atoms with van der Waals surface area (Å²) in [6, 6.07) is 1.94. The Balaban J connectivity index is 2.07. The van der Waals surface area contributed by atoms with Crippen LogP contribution in [0.1, 0.15) is 29.0 Å². The van der Waals surface area contributed by atoms with Crippen LogP contribution in [0.25, 0.3) is 0 Å². The van der Waals surface area contributed by atoms with Gasteiger partial charge in [0, 0.05) is 11.5 Å². The van der Waals surface area contributed by atoms with Crippen molar-refractivity contribution in [2.24, 2.45) is 0 Å². The Morgan fingerprint density at radius 3 is 3.00 bits per heavy atom. The first kappa shape index (κ1) is 10.9. The van der Waals surface area contributed by atoms with Gasteiger partial charge in [-0.25, -0.2) is 0 Å². The van der Waals surface area contributed by atoms with E-state index in [0.717, 1.165) is 18.1 Å². The Hall–Kier alpha value is 0.430. The molecule has 1 aliphatic heterocycles. The Labute approximate surface area is 102 Å². The molecule has 2 unspecified atom stereocenters. The van der Waals surface area contributed by atoms with Gasteiger partial charge in [-0.05, 0) is 30.7 Å². The lowest BCUT2D eigenvalue weighted by atomic mass is 10.1. The van der Waals surface area contributed by atoms with Crippen LogP contribution in [0, 0.1) is 0 Å². The lowest BCUT2D eigenvalue weighted by Crippen LogP contribution is -2.22. The van der Waals surface area contributed by atoms with E-state index in [2.05, 4.69) is 15.9 Å². The number of hydrogen-bond acceptors (Lipinski definition) is 2. The minimum absolute atomic E-state index is 0.260. The average Bonchev–Trinajstić information content (AvgIpc) is 2.65. The van der Waals surface area contributed by atoms with E-state index in [-0.39, 0.29) is 4.83 Å². The summed E-state index contributed by atoms with van der Waals surface area (Å²) in [5, 5.41) is 2.88. The molecular formula is C10H12BrClOS. The molecule has 0 aromatic carbocycles. The molecule has 1 saturated heterocycles. The second-order valence-corrected chi connectivity index (χ2v) is 5.78. The second-order valence-electron chi connectivity index (χ2n) is 3.44. The van der Waals surface area contributed by atoms with E-state index in [1.807, 2.05) is 11.4 Å². The van der Waals surface area contributed by atoms with Crippen molar-refractivity contribution in [3.63, 3.8) is 0 Å². The zero-order chi connectivity index (χ0) is 9.97. The molecule has 1 fully saturated rings. The first-order chi connectivity index (χ1) is 6.79. The second kappa shape index (κ2) is 4.97. The van der Waals surface area contributed by atoms with Crippen molar-refractivity contribution in [1.29, 1.82) is 0 Å². The summed E-state index contributed by atoms with van der Waals surface area (Å²) in [6.45, 7) is 0.885. The van der Waals surface area contributed by atoms with E-state index in [0.29, 0.717) is 6.10 Å². The van der Waals surface area contributed by atoms with Crippen LogP contribution in [-0.2, 0) is 4.74 Å². The molecule has 2 atom stereocenters. The highest BCUT2D eigenvalue weighted by molar-refractivity contribution is 9.09. The van der Waals surface area contributed by atoms with Crippen molar-refractivity contribution in [3.8, 4) is 0 Å². The maximum Gasteiger partial charge on any atom is 0.0765 e. The molecule has 0 radical (unpaired) electrons. The Bertz CT molecular complexity index is 296. The topological polar surface area (TPSA) is 9.23 Å². The summed E-state index contributed by atoms with van der Waals surface area (Å²) in [5.74, 6) is 0.